The second-order valence-corrected chi connectivity index (χ2v) is 5.26. The topological polar surface area (TPSA) is 38.1 Å². The summed E-state index contributed by atoms with van der Waals surface area (Å²) >= 11 is 0. The minimum absolute atomic E-state index is 0.136. The smallest absolute Gasteiger partial charge is 0.105 e. The number of aromatic nitrogens is 1. The van der Waals surface area contributed by atoms with Crippen LogP contribution in [0.4, 0.5) is 0 Å². The van der Waals surface area contributed by atoms with Crippen molar-refractivity contribution in [2.75, 3.05) is 6.54 Å². The average molecular weight is 280 g/mol. The van der Waals surface area contributed by atoms with Crippen molar-refractivity contribution >= 4 is 10.8 Å². The van der Waals surface area contributed by atoms with Gasteiger partial charge in [-0.1, -0.05) is 25.1 Å². The predicted octanol–water partition coefficient (Wildman–Crippen LogP) is 4.23. The summed E-state index contributed by atoms with van der Waals surface area (Å²) in [5.41, 5.74) is 2.44. The molecule has 108 valence electrons. The highest BCUT2D eigenvalue weighted by Gasteiger charge is 2.19. The molecule has 1 atom stereocenters. The van der Waals surface area contributed by atoms with Crippen LogP contribution < -0.4 is 5.32 Å². The standard InChI is InChI=1S/C18H20N2O/c1-3-9-20-18(15-8-11-21-13(15)2)16-6-4-5-14-7-10-19-12-17(14)16/h4-8,10-12,18,20H,3,9H2,1-2H3. The second kappa shape index (κ2) is 6.10. The van der Waals surface area contributed by atoms with E-state index >= 15 is 0 Å². The van der Waals surface area contributed by atoms with Crippen LogP contribution in [-0.4, -0.2) is 11.5 Å². The van der Waals surface area contributed by atoms with E-state index in [9.17, 15) is 0 Å². The Hall–Kier alpha value is -2.13. The molecule has 3 nitrogen and oxygen atoms in total. The Labute approximate surface area is 125 Å². The fourth-order valence-electron chi connectivity index (χ4n) is 2.76. The van der Waals surface area contributed by atoms with E-state index in [1.807, 2.05) is 19.3 Å². The Morgan fingerprint density at radius 2 is 2.10 bits per heavy atom. The predicted molar refractivity (Wildman–Crippen MR) is 85.3 cm³/mol. The number of rotatable bonds is 5. The molecule has 0 fully saturated rings. The zero-order valence-electron chi connectivity index (χ0n) is 12.5. The van der Waals surface area contributed by atoms with Gasteiger partial charge in [0.05, 0.1) is 12.3 Å². The lowest BCUT2D eigenvalue weighted by atomic mass is 9.95. The highest BCUT2D eigenvalue weighted by atomic mass is 16.3. The Morgan fingerprint density at radius 3 is 2.86 bits per heavy atom. The number of nitrogens with one attached hydrogen (secondary N) is 1. The largest absolute Gasteiger partial charge is 0.469 e. The third kappa shape index (κ3) is 2.69. The van der Waals surface area contributed by atoms with Crippen LogP contribution in [0.15, 0.2) is 53.4 Å². The van der Waals surface area contributed by atoms with Crippen LogP contribution in [0.5, 0.6) is 0 Å². The van der Waals surface area contributed by atoms with Gasteiger partial charge in [0.2, 0.25) is 0 Å². The Balaban J connectivity index is 2.12. The maximum Gasteiger partial charge on any atom is 0.105 e. The molecule has 3 rings (SSSR count). The molecule has 2 aromatic heterocycles. The van der Waals surface area contributed by atoms with Crippen LogP contribution in [0.1, 0.15) is 36.3 Å². The third-order valence-corrected chi connectivity index (χ3v) is 3.84. The summed E-state index contributed by atoms with van der Waals surface area (Å²) in [5, 5.41) is 6.04. The van der Waals surface area contributed by atoms with E-state index in [-0.39, 0.29) is 6.04 Å². The number of aryl methyl sites for hydroxylation is 1. The van der Waals surface area contributed by atoms with Crippen LogP contribution >= 0.6 is 0 Å². The molecule has 1 aromatic carbocycles. The monoisotopic (exact) mass is 280 g/mol. The highest BCUT2D eigenvalue weighted by Crippen LogP contribution is 2.30. The van der Waals surface area contributed by atoms with Crippen molar-refractivity contribution in [3.05, 3.63) is 65.9 Å². The van der Waals surface area contributed by atoms with E-state index in [4.69, 9.17) is 4.42 Å². The lowest BCUT2D eigenvalue weighted by Gasteiger charge is -2.20. The summed E-state index contributed by atoms with van der Waals surface area (Å²) in [6, 6.07) is 10.6. The van der Waals surface area contributed by atoms with E-state index in [1.165, 1.54) is 21.9 Å². The van der Waals surface area contributed by atoms with Crippen LogP contribution in [0.25, 0.3) is 10.8 Å². The molecule has 0 saturated carbocycles. The first-order valence-electron chi connectivity index (χ1n) is 7.41. The molecule has 1 unspecified atom stereocenters. The summed E-state index contributed by atoms with van der Waals surface area (Å²) in [4.78, 5) is 4.29. The van der Waals surface area contributed by atoms with Crippen LogP contribution in [0.3, 0.4) is 0 Å². The molecule has 0 spiro atoms. The van der Waals surface area contributed by atoms with Crippen molar-refractivity contribution in [3.63, 3.8) is 0 Å². The molecule has 3 aromatic rings. The average Bonchev–Trinajstić information content (AvgIpc) is 2.94. The number of benzene rings is 1. The summed E-state index contributed by atoms with van der Waals surface area (Å²) < 4.78 is 5.50. The number of hydrogen-bond donors (Lipinski definition) is 1. The molecule has 1 N–H and O–H groups in total. The minimum atomic E-state index is 0.136. The molecule has 0 bridgehead atoms. The summed E-state index contributed by atoms with van der Waals surface area (Å²) in [6.45, 7) is 5.15. The van der Waals surface area contributed by atoms with Gasteiger partial charge >= 0.3 is 0 Å². The van der Waals surface area contributed by atoms with Crippen molar-refractivity contribution in [2.24, 2.45) is 0 Å². The zero-order chi connectivity index (χ0) is 14.7. The van der Waals surface area contributed by atoms with Gasteiger partial charge in [-0.3, -0.25) is 4.98 Å². The zero-order valence-corrected chi connectivity index (χ0v) is 12.5. The first kappa shape index (κ1) is 13.8. The summed E-state index contributed by atoms with van der Waals surface area (Å²) in [7, 11) is 0. The number of fused-ring (bicyclic) bond motifs is 1. The first-order chi connectivity index (χ1) is 10.3. The number of pyridine rings is 1. The van der Waals surface area contributed by atoms with Crippen molar-refractivity contribution < 1.29 is 4.42 Å². The van der Waals surface area contributed by atoms with Gasteiger partial charge in [0.15, 0.2) is 0 Å². The Kier molecular flexibility index (Phi) is 4.02. The molecule has 0 saturated heterocycles. The van der Waals surface area contributed by atoms with E-state index in [0.29, 0.717) is 0 Å². The fourth-order valence-corrected chi connectivity index (χ4v) is 2.76. The lowest BCUT2D eigenvalue weighted by Crippen LogP contribution is -2.23. The molecule has 0 aliphatic rings. The normalized spacial score (nSPS) is 12.7. The van der Waals surface area contributed by atoms with E-state index in [0.717, 1.165) is 18.7 Å². The lowest BCUT2D eigenvalue weighted by molar-refractivity contribution is 0.517. The SMILES string of the molecule is CCCNC(c1ccoc1C)c1cccc2ccncc12. The van der Waals surface area contributed by atoms with E-state index in [2.05, 4.69) is 47.6 Å². The van der Waals surface area contributed by atoms with Crippen LogP contribution in [0, 0.1) is 6.92 Å². The molecular weight excluding hydrogens is 260 g/mol. The maximum absolute atomic E-state index is 5.50. The Bertz CT molecular complexity index is 727. The van der Waals surface area contributed by atoms with Gasteiger partial charge in [-0.05, 0) is 43.0 Å². The first-order valence-corrected chi connectivity index (χ1v) is 7.41. The van der Waals surface area contributed by atoms with Crippen molar-refractivity contribution in [2.45, 2.75) is 26.3 Å². The summed E-state index contributed by atoms with van der Waals surface area (Å²) in [6.07, 6.45) is 6.63. The molecule has 3 heteroatoms. The second-order valence-electron chi connectivity index (χ2n) is 5.26. The van der Waals surface area contributed by atoms with Gasteiger partial charge in [0, 0.05) is 23.3 Å². The quantitative estimate of drug-likeness (QED) is 0.760. The van der Waals surface area contributed by atoms with Crippen molar-refractivity contribution in [1.82, 2.24) is 10.3 Å². The van der Waals surface area contributed by atoms with Gasteiger partial charge in [-0.25, -0.2) is 0 Å². The van der Waals surface area contributed by atoms with E-state index in [1.54, 1.807) is 6.26 Å². The van der Waals surface area contributed by atoms with Crippen LogP contribution in [0.2, 0.25) is 0 Å². The van der Waals surface area contributed by atoms with Gasteiger partial charge in [-0.2, -0.15) is 0 Å². The molecular formula is C18H20N2O. The van der Waals surface area contributed by atoms with Gasteiger partial charge in [0.25, 0.3) is 0 Å². The molecule has 21 heavy (non-hydrogen) atoms. The third-order valence-electron chi connectivity index (χ3n) is 3.84. The molecule has 0 aliphatic heterocycles. The van der Waals surface area contributed by atoms with E-state index < -0.39 is 0 Å². The fraction of sp³-hybridized carbons (Fsp3) is 0.278. The molecule has 2 heterocycles. The van der Waals surface area contributed by atoms with Crippen molar-refractivity contribution in [1.29, 1.82) is 0 Å². The maximum atomic E-state index is 5.50. The minimum Gasteiger partial charge on any atom is -0.469 e. The van der Waals surface area contributed by atoms with Gasteiger partial charge < -0.3 is 9.73 Å². The number of nitrogens with zero attached hydrogens (tertiary/aromatic N) is 1. The molecule has 0 radical (unpaired) electrons. The van der Waals surface area contributed by atoms with Crippen molar-refractivity contribution in [3.8, 4) is 0 Å². The molecule has 0 amide bonds. The number of hydrogen-bond acceptors (Lipinski definition) is 3. The van der Waals surface area contributed by atoms with Gasteiger partial charge in [0.1, 0.15) is 5.76 Å². The number of furan rings is 1. The van der Waals surface area contributed by atoms with Gasteiger partial charge in [-0.15, -0.1) is 0 Å². The summed E-state index contributed by atoms with van der Waals surface area (Å²) in [5.74, 6) is 0.962. The highest BCUT2D eigenvalue weighted by molar-refractivity contribution is 5.85. The molecule has 0 aliphatic carbocycles. The Morgan fingerprint density at radius 1 is 1.19 bits per heavy atom. The van der Waals surface area contributed by atoms with Crippen LogP contribution in [-0.2, 0) is 0 Å².